The minimum atomic E-state index is -3.62. The number of anilines is 1. The standard InChI is InChI=1S/C21H23FN2O4S/c1-15-6-3-4-9-18(15)29(26,27)23-12-10-21(11-13-23)19(28-2)20(25)24(21)17-8-5-7-16(22)14-17/h3-9,14,19H,10-13H2,1-2H3. The summed E-state index contributed by atoms with van der Waals surface area (Å²) in [5.74, 6) is -0.654. The molecule has 29 heavy (non-hydrogen) atoms. The van der Waals surface area contributed by atoms with E-state index in [2.05, 4.69) is 0 Å². The van der Waals surface area contributed by atoms with Gasteiger partial charge in [0, 0.05) is 25.9 Å². The quantitative estimate of drug-likeness (QED) is 0.716. The Kier molecular flexibility index (Phi) is 4.96. The number of sulfonamides is 1. The summed E-state index contributed by atoms with van der Waals surface area (Å²) in [6.07, 6.45) is 0.173. The number of methoxy groups -OCH3 is 1. The zero-order valence-corrected chi connectivity index (χ0v) is 17.2. The predicted octanol–water partition coefficient (Wildman–Crippen LogP) is 2.72. The van der Waals surface area contributed by atoms with Crippen LogP contribution >= 0.6 is 0 Å². The number of ether oxygens (including phenoxy) is 1. The number of hydrogen-bond acceptors (Lipinski definition) is 4. The summed E-state index contributed by atoms with van der Waals surface area (Å²) in [5.41, 5.74) is 0.499. The van der Waals surface area contributed by atoms with E-state index < -0.39 is 27.5 Å². The Morgan fingerprint density at radius 3 is 2.41 bits per heavy atom. The molecule has 2 heterocycles. The van der Waals surface area contributed by atoms with Gasteiger partial charge in [-0.1, -0.05) is 24.3 Å². The molecule has 2 fully saturated rings. The Hall–Kier alpha value is -2.29. The van der Waals surface area contributed by atoms with E-state index in [1.165, 1.54) is 23.5 Å². The Labute approximate surface area is 169 Å². The number of aryl methyl sites for hydroxylation is 1. The Morgan fingerprint density at radius 2 is 1.79 bits per heavy atom. The molecule has 1 amide bonds. The van der Waals surface area contributed by atoms with E-state index in [-0.39, 0.29) is 19.0 Å². The number of rotatable bonds is 4. The molecule has 2 aromatic rings. The lowest BCUT2D eigenvalue weighted by molar-refractivity contribution is -0.150. The molecule has 0 aliphatic carbocycles. The lowest BCUT2D eigenvalue weighted by Crippen LogP contribution is -2.77. The fraction of sp³-hybridized carbons (Fsp3) is 0.381. The smallest absolute Gasteiger partial charge is 0.259 e. The van der Waals surface area contributed by atoms with Crippen LogP contribution in [-0.2, 0) is 19.6 Å². The second kappa shape index (κ2) is 7.19. The van der Waals surface area contributed by atoms with Crippen LogP contribution in [-0.4, -0.2) is 50.5 Å². The maximum Gasteiger partial charge on any atom is 0.259 e. The molecule has 154 valence electrons. The number of halogens is 1. The summed E-state index contributed by atoms with van der Waals surface area (Å²) in [4.78, 5) is 14.5. The van der Waals surface area contributed by atoms with Crippen molar-refractivity contribution < 1.29 is 22.3 Å². The minimum Gasteiger partial charge on any atom is -0.369 e. The SMILES string of the molecule is COC1C(=O)N(c2cccc(F)c2)C12CCN(S(=O)(=O)c1ccccc1C)CC2. The molecule has 1 atom stereocenters. The molecule has 0 saturated carbocycles. The first-order chi connectivity index (χ1) is 13.8. The number of piperidine rings is 1. The lowest BCUT2D eigenvalue weighted by Gasteiger charge is -2.59. The Balaban J connectivity index is 1.61. The first-order valence-electron chi connectivity index (χ1n) is 9.49. The van der Waals surface area contributed by atoms with E-state index >= 15 is 0 Å². The van der Waals surface area contributed by atoms with Crippen LogP contribution in [0.3, 0.4) is 0 Å². The molecular formula is C21H23FN2O4S. The van der Waals surface area contributed by atoms with Crippen LogP contribution in [0.4, 0.5) is 10.1 Å². The molecule has 2 aliphatic heterocycles. The van der Waals surface area contributed by atoms with E-state index in [9.17, 15) is 17.6 Å². The largest absolute Gasteiger partial charge is 0.369 e. The summed E-state index contributed by atoms with van der Waals surface area (Å²) < 4.78 is 46.8. The van der Waals surface area contributed by atoms with Crippen molar-refractivity contribution in [3.63, 3.8) is 0 Å². The van der Waals surface area contributed by atoms with Crippen molar-refractivity contribution in [3.05, 3.63) is 59.9 Å². The van der Waals surface area contributed by atoms with Gasteiger partial charge in [-0.3, -0.25) is 4.79 Å². The molecule has 8 heteroatoms. The van der Waals surface area contributed by atoms with Crippen LogP contribution in [0.2, 0.25) is 0 Å². The maximum absolute atomic E-state index is 13.7. The molecule has 6 nitrogen and oxygen atoms in total. The molecular weight excluding hydrogens is 395 g/mol. The topological polar surface area (TPSA) is 66.9 Å². The zero-order valence-electron chi connectivity index (χ0n) is 16.3. The van der Waals surface area contributed by atoms with Gasteiger partial charge in [0.05, 0.1) is 10.4 Å². The number of hydrogen-bond donors (Lipinski definition) is 0. The van der Waals surface area contributed by atoms with E-state index in [0.717, 1.165) is 0 Å². The molecule has 1 spiro atoms. The van der Waals surface area contributed by atoms with Crippen LogP contribution in [0, 0.1) is 12.7 Å². The van der Waals surface area contributed by atoms with Crippen LogP contribution in [0.1, 0.15) is 18.4 Å². The van der Waals surface area contributed by atoms with Gasteiger partial charge in [0.2, 0.25) is 10.0 Å². The summed E-state index contributed by atoms with van der Waals surface area (Å²) >= 11 is 0. The van der Waals surface area contributed by atoms with E-state index in [0.29, 0.717) is 29.0 Å². The van der Waals surface area contributed by atoms with Crippen molar-refractivity contribution in [1.82, 2.24) is 4.31 Å². The second-order valence-electron chi connectivity index (χ2n) is 7.54. The number of amides is 1. The first kappa shape index (κ1) is 20.0. The number of carbonyl (C=O) groups is 1. The van der Waals surface area contributed by atoms with Crippen molar-refractivity contribution in [2.24, 2.45) is 0 Å². The van der Waals surface area contributed by atoms with Crippen molar-refractivity contribution in [3.8, 4) is 0 Å². The highest BCUT2D eigenvalue weighted by Crippen LogP contribution is 2.46. The Morgan fingerprint density at radius 1 is 1.10 bits per heavy atom. The minimum absolute atomic E-state index is 0.228. The van der Waals surface area contributed by atoms with E-state index in [4.69, 9.17) is 4.74 Å². The zero-order chi connectivity index (χ0) is 20.8. The van der Waals surface area contributed by atoms with E-state index in [1.807, 2.05) is 0 Å². The average Bonchev–Trinajstić information content (AvgIpc) is 2.69. The number of nitrogens with zero attached hydrogens (tertiary/aromatic N) is 2. The second-order valence-corrected chi connectivity index (χ2v) is 9.45. The van der Waals surface area contributed by atoms with Gasteiger partial charge in [-0.15, -0.1) is 0 Å². The summed E-state index contributed by atoms with van der Waals surface area (Å²) in [6.45, 7) is 2.29. The summed E-state index contributed by atoms with van der Waals surface area (Å²) in [7, 11) is -2.15. The average molecular weight is 418 g/mol. The van der Waals surface area contributed by atoms with Gasteiger partial charge in [0.15, 0.2) is 6.10 Å². The number of benzene rings is 2. The molecule has 0 radical (unpaired) electrons. The van der Waals surface area contributed by atoms with Crippen molar-refractivity contribution in [2.75, 3.05) is 25.1 Å². The molecule has 1 unspecified atom stereocenters. The highest BCUT2D eigenvalue weighted by molar-refractivity contribution is 7.89. The van der Waals surface area contributed by atoms with Crippen molar-refractivity contribution in [1.29, 1.82) is 0 Å². The third-order valence-corrected chi connectivity index (χ3v) is 8.04. The van der Waals surface area contributed by atoms with Gasteiger partial charge in [-0.25, -0.2) is 12.8 Å². The number of carbonyl (C=O) groups excluding carboxylic acids is 1. The van der Waals surface area contributed by atoms with Crippen LogP contribution < -0.4 is 4.90 Å². The normalized spacial score (nSPS) is 22.0. The fourth-order valence-corrected chi connectivity index (χ4v) is 6.19. The van der Waals surface area contributed by atoms with Gasteiger partial charge in [-0.2, -0.15) is 4.31 Å². The lowest BCUT2D eigenvalue weighted by atomic mass is 9.73. The van der Waals surface area contributed by atoms with Gasteiger partial charge < -0.3 is 9.64 Å². The highest BCUT2D eigenvalue weighted by atomic mass is 32.2. The molecule has 2 aliphatic rings. The molecule has 2 aromatic carbocycles. The number of β-lactam (4-membered cyclic amide) rings is 1. The summed E-state index contributed by atoms with van der Waals surface area (Å²) in [6, 6.07) is 12.8. The van der Waals surface area contributed by atoms with Crippen LogP contribution in [0.5, 0.6) is 0 Å². The fourth-order valence-electron chi connectivity index (χ4n) is 4.52. The highest BCUT2D eigenvalue weighted by Gasteiger charge is 2.62. The molecule has 0 aromatic heterocycles. The van der Waals surface area contributed by atoms with Crippen molar-refractivity contribution >= 4 is 21.6 Å². The predicted molar refractivity (Wildman–Crippen MR) is 107 cm³/mol. The van der Waals surface area contributed by atoms with Crippen molar-refractivity contribution in [2.45, 2.75) is 36.3 Å². The van der Waals surface area contributed by atoms with Crippen LogP contribution in [0.15, 0.2) is 53.4 Å². The monoisotopic (exact) mass is 418 g/mol. The van der Waals surface area contributed by atoms with Gasteiger partial charge >= 0.3 is 0 Å². The van der Waals surface area contributed by atoms with Gasteiger partial charge in [0.1, 0.15) is 5.82 Å². The van der Waals surface area contributed by atoms with Gasteiger partial charge in [0.25, 0.3) is 5.91 Å². The maximum atomic E-state index is 13.7. The molecule has 0 bridgehead atoms. The third kappa shape index (κ3) is 3.06. The first-order valence-corrected chi connectivity index (χ1v) is 10.9. The summed E-state index contributed by atoms with van der Waals surface area (Å²) in [5, 5.41) is 0. The molecule has 0 N–H and O–H groups in total. The molecule has 4 rings (SSSR count). The van der Waals surface area contributed by atoms with E-state index in [1.54, 1.807) is 48.2 Å². The van der Waals surface area contributed by atoms with Gasteiger partial charge in [-0.05, 0) is 49.6 Å². The Bertz CT molecular complexity index is 1050. The molecule has 2 saturated heterocycles. The third-order valence-electron chi connectivity index (χ3n) is 5.98. The van der Waals surface area contributed by atoms with Crippen LogP contribution in [0.25, 0.3) is 0 Å².